The lowest BCUT2D eigenvalue weighted by atomic mass is 10.1. The fraction of sp³-hybridized carbons (Fsp3) is 0.238. The van der Waals surface area contributed by atoms with Gasteiger partial charge in [-0.15, -0.1) is 0 Å². The highest BCUT2D eigenvalue weighted by Gasteiger charge is 2.23. The van der Waals surface area contributed by atoms with Gasteiger partial charge < -0.3 is 19.7 Å². The summed E-state index contributed by atoms with van der Waals surface area (Å²) >= 11 is 1.34. The molecule has 0 aromatic heterocycles. The van der Waals surface area contributed by atoms with Crippen LogP contribution in [0.5, 0.6) is 5.75 Å². The highest BCUT2D eigenvalue weighted by Crippen LogP contribution is 2.29. The lowest BCUT2D eigenvalue weighted by molar-refractivity contribution is -0.115. The van der Waals surface area contributed by atoms with Crippen molar-refractivity contribution in [2.45, 2.75) is 0 Å². The van der Waals surface area contributed by atoms with Crippen LogP contribution in [0.1, 0.15) is 5.56 Å². The number of carbonyl (C=O) groups excluding carboxylic acids is 1. The molecular weight excluding hydrogens is 374 g/mol. The monoisotopic (exact) mass is 395 g/mol. The van der Waals surface area contributed by atoms with Crippen molar-refractivity contribution in [3.8, 4) is 5.75 Å². The lowest BCUT2D eigenvalue weighted by Crippen LogP contribution is -2.36. The number of hydrogen-bond donors (Lipinski definition) is 1. The molecule has 0 spiro atoms. The zero-order chi connectivity index (χ0) is 19.3. The van der Waals surface area contributed by atoms with Gasteiger partial charge in [-0.3, -0.25) is 4.79 Å². The Morgan fingerprint density at radius 1 is 1.11 bits per heavy atom. The molecule has 2 aliphatic rings. The molecule has 1 amide bonds. The van der Waals surface area contributed by atoms with E-state index in [1.54, 1.807) is 7.11 Å². The SMILES string of the molecule is COc1ccc(N=C2NC(=O)/C(=C\c3ccc(N4CCOCC4)cc3)S2)cc1. The number of anilines is 1. The summed E-state index contributed by atoms with van der Waals surface area (Å²) in [5.41, 5.74) is 2.93. The number of benzene rings is 2. The van der Waals surface area contributed by atoms with E-state index >= 15 is 0 Å². The van der Waals surface area contributed by atoms with Crippen molar-refractivity contribution in [1.82, 2.24) is 5.32 Å². The molecule has 0 saturated carbocycles. The van der Waals surface area contributed by atoms with E-state index < -0.39 is 0 Å². The quantitative estimate of drug-likeness (QED) is 0.804. The summed E-state index contributed by atoms with van der Waals surface area (Å²) in [7, 11) is 1.62. The Labute approximate surface area is 168 Å². The van der Waals surface area contributed by atoms with Crippen LogP contribution in [0.25, 0.3) is 6.08 Å². The summed E-state index contributed by atoms with van der Waals surface area (Å²) in [6, 6.07) is 15.6. The largest absolute Gasteiger partial charge is 0.497 e. The average Bonchev–Trinajstić information content (AvgIpc) is 3.08. The van der Waals surface area contributed by atoms with Crippen molar-refractivity contribution in [2.75, 3.05) is 38.3 Å². The van der Waals surface area contributed by atoms with Gasteiger partial charge in [0.25, 0.3) is 5.91 Å². The fourth-order valence-corrected chi connectivity index (χ4v) is 3.85. The van der Waals surface area contributed by atoms with E-state index in [9.17, 15) is 4.79 Å². The van der Waals surface area contributed by atoms with Gasteiger partial charge in [-0.05, 0) is 59.8 Å². The summed E-state index contributed by atoms with van der Waals surface area (Å²) < 4.78 is 10.5. The highest BCUT2D eigenvalue weighted by molar-refractivity contribution is 8.18. The number of nitrogens with zero attached hydrogens (tertiary/aromatic N) is 2. The number of amidine groups is 1. The maximum atomic E-state index is 12.3. The lowest BCUT2D eigenvalue weighted by Gasteiger charge is -2.28. The normalized spacial score (nSPS) is 19.9. The number of methoxy groups -OCH3 is 1. The van der Waals surface area contributed by atoms with Crippen LogP contribution < -0.4 is 15.0 Å². The number of morpholine rings is 1. The molecule has 2 saturated heterocycles. The first-order valence-corrected chi connectivity index (χ1v) is 9.89. The third kappa shape index (κ3) is 4.37. The van der Waals surface area contributed by atoms with Gasteiger partial charge in [-0.2, -0.15) is 0 Å². The molecule has 0 aliphatic carbocycles. The molecule has 2 heterocycles. The Hall–Kier alpha value is -2.77. The predicted molar refractivity (Wildman–Crippen MR) is 113 cm³/mol. The summed E-state index contributed by atoms with van der Waals surface area (Å²) in [6.07, 6.45) is 1.89. The van der Waals surface area contributed by atoms with E-state index in [1.165, 1.54) is 17.4 Å². The number of rotatable bonds is 4. The van der Waals surface area contributed by atoms with Gasteiger partial charge in [0.1, 0.15) is 5.75 Å². The molecule has 144 valence electrons. The van der Waals surface area contributed by atoms with Crippen LogP contribution in [0.3, 0.4) is 0 Å². The second-order valence-electron chi connectivity index (χ2n) is 6.37. The van der Waals surface area contributed by atoms with Gasteiger partial charge in [-0.1, -0.05) is 12.1 Å². The minimum absolute atomic E-state index is 0.130. The maximum Gasteiger partial charge on any atom is 0.264 e. The average molecular weight is 395 g/mol. The summed E-state index contributed by atoms with van der Waals surface area (Å²) in [4.78, 5) is 19.7. The fourth-order valence-electron chi connectivity index (χ4n) is 3.01. The number of carbonyl (C=O) groups is 1. The molecule has 2 aromatic rings. The zero-order valence-corrected chi connectivity index (χ0v) is 16.4. The van der Waals surface area contributed by atoms with E-state index in [0.29, 0.717) is 10.1 Å². The van der Waals surface area contributed by atoms with Crippen LogP contribution in [-0.2, 0) is 9.53 Å². The van der Waals surface area contributed by atoms with E-state index in [4.69, 9.17) is 9.47 Å². The minimum Gasteiger partial charge on any atom is -0.497 e. The number of aliphatic imine (C=N–C) groups is 1. The van der Waals surface area contributed by atoms with E-state index in [1.807, 2.05) is 42.5 Å². The number of hydrogen-bond acceptors (Lipinski definition) is 6. The molecule has 1 N–H and O–H groups in total. The zero-order valence-electron chi connectivity index (χ0n) is 15.6. The van der Waals surface area contributed by atoms with Crippen LogP contribution in [0.15, 0.2) is 58.4 Å². The van der Waals surface area contributed by atoms with Crippen LogP contribution in [0.2, 0.25) is 0 Å². The molecule has 6 nitrogen and oxygen atoms in total. The molecule has 28 heavy (non-hydrogen) atoms. The first-order chi connectivity index (χ1) is 13.7. The molecule has 0 atom stereocenters. The Kier molecular flexibility index (Phi) is 5.64. The molecule has 0 radical (unpaired) electrons. The van der Waals surface area contributed by atoms with Crippen LogP contribution in [0.4, 0.5) is 11.4 Å². The summed E-state index contributed by atoms with van der Waals surface area (Å²) in [6.45, 7) is 3.34. The van der Waals surface area contributed by atoms with Gasteiger partial charge in [-0.25, -0.2) is 4.99 Å². The Bertz CT molecular complexity index is 901. The van der Waals surface area contributed by atoms with E-state index in [0.717, 1.165) is 43.3 Å². The summed E-state index contributed by atoms with van der Waals surface area (Å²) in [5, 5.41) is 3.39. The van der Waals surface area contributed by atoms with Crippen molar-refractivity contribution in [2.24, 2.45) is 4.99 Å². The molecule has 0 unspecified atom stereocenters. The number of nitrogens with one attached hydrogen (secondary N) is 1. The standard InChI is InChI=1S/C21H21N3O3S/c1-26-18-8-4-16(5-9-18)22-21-23-20(25)19(28-21)14-15-2-6-17(7-3-15)24-10-12-27-13-11-24/h2-9,14H,10-13H2,1H3,(H,22,23,25)/b19-14+. The Morgan fingerprint density at radius 2 is 1.82 bits per heavy atom. The van der Waals surface area contributed by atoms with E-state index in [2.05, 4.69) is 27.3 Å². The first-order valence-electron chi connectivity index (χ1n) is 9.08. The molecule has 7 heteroatoms. The number of ether oxygens (including phenoxy) is 2. The molecule has 2 aliphatic heterocycles. The highest BCUT2D eigenvalue weighted by atomic mass is 32.2. The number of amides is 1. The molecule has 2 aromatic carbocycles. The topological polar surface area (TPSA) is 63.2 Å². The second kappa shape index (κ2) is 8.50. The van der Waals surface area contributed by atoms with Crippen molar-refractivity contribution in [1.29, 1.82) is 0 Å². The van der Waals surface area contributed by atoms with Crippen LogP contribution in [0, 0.1) is 0 Å². The van der Waals surface area contributed by atoms with Gasteiger partial charge in [0, 0.05) is 18.8 Å². The Morgan fingerprint density at radius 3 is 2.50 bits per heavy atom. The second-order valence-corrected chi connectivity index (χ2v) is 7.40. The van der Waals surface area contributed by atoms with Crippen molar-refractivity contribution >= 4 is 40.3 Å². The predicted octanol–water partition coefficient (Wildman–Crippen LogP) is 3.42. The van der Waals surface area contributed by atoms with Crippen molar-refractivity contribution < 1.29 is 14.3 Å². The Balaban J connectivity index is 1.45. The molecule has 4 rings (SSSR count). The van der Waals surface area contributed by atoms with Gasteiger partial charge in [0.15, 0.2) is 5.17 Å². The van der Waals surface area contributed by atoms with Crippen molar-refractivity contribution in [3.63, 3.8) is 0 Å². The summed E-state index contributed by atoms with van der Waals surface area (Å²) in [5.74, 6) is 0.641. The van der Waals surface area contributed by atoms with Gasteiger partial charge in [0.2, 0.25) is 0 Å². The third-order valence-corrected chi connectivity index (χ3v) is 5.43. The first kappa shape index (κ1) is 18.6. The van der Waals surface area contributed by atoms with E-state index in [-0.39, 0.29) is 5.91 Å². The third-order valence-electron chi connectivity index (χ3n) is 4.52. The molecule has 0 bridgehead atoms. The smallest absolute Gasteiger partial charge is 0.264 e. The van der Waals surface area contributed by atoms with Crippen LogP contribution in [-0.4, -0.2) is 44.5 Å². The molecular formula is C21H21N3O3S. The van der Waals surface area contributed by atoms with Crippen molar-refractivity contribution in [3.05, 3.63) is 59.0 Å². The van der Waals surface area contributed by atoms with Gasteiger partial charge in [0.05, 0.1) is 30.9 Å². The van der Waals surface area contributed by atoms with Gasteiger partial charge >= 0.3 is 0 Å². The van der Waals surface area contributed by atoms with Crippen LogP contribution >= 0.6 is 11.8 Å². The molecule has 2 fully saturated rings. The maximum absolute atomic E-state index is 12.3. The number of thioether (sulfide) groups is 1. The minimum atomic E-state index is -0.130.